The molecule has 0 radical (unpaired) electrons. The normalized spacial score (nSPS) is 31.9. The second kappa shape index (κ2) is 4.85. The third-order valence-corrected chi connectivity index (χ3v) is 3.66. The summed E-state index contributed by atoms with van der Waals surface area (Å²) in [5, 5.41) is 0. The fourth-order valence-corrected chi connectivity index (χ4v) is 2.48. The molecule has 0 aromatic heterocycles. The summed E-state index contributed by atoms with van der Waals surface area (Å²) in [6, 6.07) is 0. The van der Waals surface area contributed by atoms with Crippen molar-refractivity contribution in [2.24, 2.45) is 0 Å². The molecule has 3 rings (SSSR count). The van der Waals surface area contributed by atoms with E-state index in [4.69, 9.17) is 9.47 Å². The van der Waals surface area contributed by atoms with Crippen LogP contribution in [-0.4, -0.2) is 73.2 Å². The van der Waals surface area contributed by atoms with Gasteiger partial charge in [0.15, 0.2) is 0 Å². The molecule has 0 spiro atoms. The monoisotopic (exact) mass is 254 g/mol. The average molecular weight is 254 g/mol. The van der Waals surface area contributed by atoms with Gasteiger partial charge in [0.25, 0.3) is 5.91 Å². The Kier molecular flexibility index (Phi) is 3.22. The van der Waals surface area contributed by atoms with Gasteiger partial charge in [-0.05, 0) is 12.8 Å². The van der Waals surface area contributed by atoms with Gasteiger partial charge in [-0.2, -0.15) is 0 Å². The molecule has 0 saturated carbocycles. The zero-order chi connectivity index (χ0) is 12.5. The first-order chi connectivity index (χ1) is 8.74. The van der Waals surface area contributed by atoms with E-state index in [9.17, 15) is 9.59 Å². The number of piperazine rings is 1. The molecule has 0 N–H and O–H groups in total. The fraction of sp³-hybridized carbons (Fsp3) is 0.833. The van der Waals surface area contributed by atoms with Crippen LogP contribution in [0.4, 0.5) is 0 Å². The molecular weight excluding hydrogens is 236 g/mol. The van der Waals surface area contributed by atoms with E-state index in [-0.39, 0.29) is 30.6 Å². The van der Waals surface area contributed by atoms with Gasteiger partial charge in [-0.15, -0.1) is 0 Å². The van der Waals surface area contributed by atoms with Gasteiger partial charge < -0.3 is 19.3 Å². The third kappa shape index (κ3) is 2.49. The van der Waals surface area contributed by atoms with Crippen molar-refractivity contribution in [1.29, 1.82) is 0 Å². The van der Waals surface area contributed by atoms with Crippen molar-refractivity contribution < 1.29 is 19.1 Å². The van der Waals surface area contributed by atoms with Gasteiger partial charge in [0, 0.05) is 26.2 Å². The number of epoxide rings is 1. The van der Waals surface area contributed by atoms with Crippen molar-refractivity contribution in [3.8, 4) is 0 Å². The molecule has 0 unspecified atom stereocenters. The van der Waals surface area contributed by atoms with Crippen LogP contribution in [0.15, 0.2) is 0 Å². The lowest BCUT2D eigenvalue weighted by Crippen LogP contribution is -2.55. The van der Waals surface area contributed by atoms with Gasteiger partial charge in [-0.25, -0.2) is 0 Å². The number of hydrogen-bond acceptors (Lipinski definition) is 4. The maximum atomic E-state index is 12.1. The van der Waals surface area contributed by atoms with Crippen molar-refractivity contribution in [3.05, 3.63) is 0 Å². The Bertz CT molecular complexity index is 350. The number of rotatable bonds is 3. The van der Waals surface area contributed by atoms with Crippen molar-refractivity contribution in [3.63, 3.8) is 0 Å². The summed E-state index contributed by atoms with van der Waals surface area (Å²) in [5.74, 6) is -0.00808. The molecule has 0 aliphatic carbocycles. The van der Waals surface area contributed by atoms with Crippen molar-refractivity contribution in [2.75, 3.05) is 39.4 Å². The van der Waals surface area contributed by atoms with Crippen molar-refractivity contribution in [2.45, 2.75) is 25.0 Å². The molecule has 0 aromatic carbocycles. The first kappa shape index (κ1) is 11.9. The average Bonchev–Trinajstić information content (AvgIpc) is 3.02. The van der Waals surface area contributed by atoms with E-state index >= 15 is 0 Å². The predicted octanol–water partition coefficient (Wildman–Crippen LogP) is -0.765. The lowest BCUT2D eigenvalue weighted by molar-refractivity contribution is -0.150. The van der Waals surface area contributed by atoms with Gasteiger partial charge in [0.05, 0.1) is 19.3 Å². The molecule has 2 amide bonds. The van der Waals surface area contributed by atoms with Gasteiger partial charge >= 0.3 is 0 Å². The van der Waals surface area contributed by atoms with E-state index in [1.807, 2.05) is 0 Å². The molecule has 3 saturated heterocycles. The second-order valence-electron chi connectivity index (χ2n) is 5.06. The van der Waals surface area contributed by atoms with Gasteiger partial charge in [0.2, 0.25) is 5.91 Å². The van der Waals surface area contributed by atoms with Crippen LogP contribution < -0.4 is 0 Å². The minimum Gasteiger partial charge on any atom is -0.371 e. The first-order valence-electron chi connectivity index (χ1n) is 6.54. The molecule has 3 heterocycles. The number of amides is 2. The van der Waals surface area contributed by atoms with Crippen molar-refractivity contribution in [1.82, 2.24) is 9.80 Å². The molecule has 6 heteroatoms. The Morgan fingerprint density at radius 2 is 2.17 bits per heavy atom. The number of ether oxygens (including phenoxy) is 2. The molecule has 3 aliphatic rings. The Morgan fingerprint density at radius 3 is 2.78 bits per heavy atom. The number of hydrogen-bond donors (Lipinski definition) is 0. The Hall–Kier alpha value is -1.14. The summed E-state index contributed by atoms with van der Waals surface area (Å²) in [6.07, 6.45) is 1.61. The third-order valence-electron chi connectivity index (χ3n) is 3.66. The van der Waals surface area contributed by atoms with E-state index in [0.717, 1.165) is 19.4 Å². The number of nitrogens with zero attached hydrogens (tertiary/aromatic N) is 2. The van der Waals surface area contributed by atoms with E-state index in [0.29, 0.717) is 26.2 Å². The highest BCUT2D eigenvalue weighted by Crippen LogP contribution is 2.17. The van der Waals surface area contributed by atoms with Crippen molar-refractivity contribution >= 4 is 11.8 Å². The zero-order valence-corrected chi connectivity index (χ0v) is 10.3. The minimum absolute atomic E-state index is 0.0168. The summed E-state index contributed by atoms with van der Waals surface area (Å²) in [4.78, 5) is 27.4. The first-order valence-corrected chi connectivity index (χ1v) is 6.54. The summed E-state index contributed by atoms with van der Waals surface area (Å²) in [6.45, 7) is 3.48. The lowest BCUT2D eigenvalue weighted by Gasteiger charge is -2.35. The molecule has 0 aromatic rings. The van der Waals surface area contributed by atoms with E-state index in [2.05, 4.69) is 0 Å². The van der Waals surface area contributed by atoms with Gasteiger partial charge in [0.1, 0.15) is 6.10 Å². The van der Waals surface area contributed by atoms with Crippen LogP contribution in [0.3, 0.4) is 0 Å². The highest BCUT2D eigenvalue weighted by molar-refractivity contribution is 5.88. The second-order valence-corrected chi connectivity index (χ2v) is 5.06. The zero-order valence-electron chi connectivity index (χ0n) is 10.3. The molecule has 0 bridgehead atoms. The quantitative estimate of drug-likeness (QED) is 0.621. The Balaban J connectivity index is 1.53. The van der Waals surface area contributed by atoms with Crippen LogP contribution in [0, 0.1) is 0 Å². The van der Waals surface area contributed by atoms with E-state index in [1.165, 1.54) is 0 Å². The molecule has 6 nitrogen and oxygen atoms in total. The SMILES string of the molecule is O=C1CN(C(=O)[C@H]2CCCO2)CCN1C[C@@H]1CO1. The number of carbonyl (C=O) groups excluding carboxylic acids is 2. The van der Waals surface area contributed by atoms with Crippen LogP contribution >= 0.6 is 0 Å². The summed E-state index contributed by atoms with van der Waals surface area (Å²) in [7, 11) is 0. The Labute approximate surface area is 106 Å². The molecular formula is C12H18N2O4. The summed E-state index contributed by atoms with van der Waals surface area (Å²) in [5.41, 5.74) is 0. The molecule has 100 valence electrons. The number of carbonyl (C=O) groups is 2. The van der Waals surface area contributed by atoms with E-state index in [1.54, 1.807) is 9.80 Å². The van der Waals surface area contributed by atoms with E-state index < -0.39 is 0 Å². The fourth-order valence-electron chi connectivity index (χ4n) is 2.48. The standard InChI is InChI=1S/C12H18N2O4/c15-11-7-14(12(16)10-2-1-5-17-10)4-3-13(11)6-9-8-18-9/h9-10H,1-8H2/t9-,10-/m1/s1. The Morgan fingerprint density at radius 1 is 1.33 bits per heavy atom. The molecule has 3 fully saturated rings. The maximum Gasteiger partial charge on any atom is 0.252 e. The highest BCUT2D eigenvalue weighted by Gasteiger charge is 2.35. The lowest BCUT2D eigenvalue weighted by atomic mass is 10.2. The molecule has 2 atom stereocenters. The largest absolute Gasteiger partial charge is 0.371 e. The molecule has 3 aliphatic heterocycles. The summed E-state index contributed by atoms with van der Waals surface area (Å²) < 4.78 is 10.5. The van der Waals surface area contributed by atoms with Crippen LogP contribution in [0.5, 0.6) is 0 Å². The summed E-state index contributed by atoms with van der Waals surface area (Å²) >= 11 is 0. The van der Waals surface area contributed by atoms with Crippen LogP contribution in [0.2, 0.25) is 0 Å². The van der Waals surface area contributed by atoms with Crippen LogP contribution in [-0.2, 0) is 19.1 Å². The van der Waals surface area contributed by atoms with Crippen LogP contribution in [0.1, 0.15) is 12.8 Å². The van der Waals surface area contributed by atoms with Crippen LogP contribution in [0.25, 0.3) is 0 Å². The predicted molar refractivity (Wildman–Crippen MR) is 61.9 cm³/mol. The molecule has 18 heavy (non-hydrogen) atoms. The minimum atomic E-state index is -0.323. The highest BCUT2D eigenvalue weighted by atomic mass is 16.6. The van der Waals surface area contributed by atoms with Gasteiger partial charge in [-0.3, -0.25) is 9.59 Å². The topological polar surface area (TPSA) is 62.4 Å². The maximum absolute atomic E-state index is 12.1. The van der Waals surface area contributed by atoms with Gasteiger partial charge in [-0.1, -0.05) is 0 Å². The smallest absolute Gasteiger partial charge is 0.252 e.